The van der Waals surface area contributed by atoms with Crippen LogP contribution in [0.3, 0.4) is 0 Å². The van der Waals surface area contributed by atoms with Crippen molar-refractivity contribution in [2.45, 2.75) is 70.2 Å². The van der Waals surface area contributed by atoms with Gasteiger partial charge in [0.1, 0.15) is 0 Å². The molecule has 0 heterocycles. The van der Waals surface area contributed by atoms with Gasteiger partial charge in [-0.2, -0.15) is 0 Å². The monoisotopic (exact) mass is 620 g/mol. The molecule has 3 nitrogen and oxygen atoms in total. The van der Waals surface area contributed by atoms with Crippen molar-refractivity contribution in [2.75, 3.05) is 6.61 Å². The van der Waals surface area contributed by atoms with E-state index in [2.05, 4.69) is 169 Å². The maximum absolute atomic E-state index is 11.3. The smallest absolute Gasteiger partial charge is 0.261 e. The summed E-state index contributed by atoms with van der Waals surface area (Å²) in [6.07, 6.45) is -0.356. The van der Waals surface area contributed by atoms with Crippen LogP contribution in [0.1, 0.15) is 48.0 Å². The fourth-order valence-electron chi connectivity index (χ4n) is 7.26. The van der Waals surface area contributed by atoms with E-state index in [4.69, 9.17) is 8.85 Å². The minimum atomic E-state index is -2.85. The van der Waals surface area contributed by atoms with E-state index >= 15 is 0 Å². The minimum absolute atomic E-state index is 0.145. The van der Waals surface area contributed by atoms with Crippen LogP contribution in [0.25, 0.3) is 0 Å². The molecule has 1 aliphatic rings. The Balaban J connectivity index is 1.59. The first-order chi connectivity index (χ1) is 20.9. The molecule has 5 rings (SSSR count). The molecule has 0 saturated heterocycles. The zero-order chi connectivity index (χ0) is 31.6. The topological polar surface area (TPSA) is 38.7 Å². The quantitative estimate of drug-likeness (QED) is 0.173. The van der Waals surface area contributed by atoms with Crippen LogP contribution >= 0.6 is 0 Å². The molecule has 1 aliphatic carbocycles. The maximum atomic E-state index is 11.3. The van der Waals surface area contributed by atoms with Crippen LogP contribution < -0.4 is 20.7 Å². The molecule has 0 spiro atoms. The molecule has 0 bridgehead atoms. The number of hydrogen-bond donors (Lipinski definition) is 1. The third-order valence-corrected chi connectivity index (χ3v) is 19.5. The van der Waals surface area contributed by atoms with E-state index in [0.717, 1.165) is 5.57 Å². The molecule has 1 saturated carbocycles. The number of hydrogen-bond acceptors (Lipinski definition) is 3. The van der Waals surface area contributed by atoms with Crippen molar-refractivity contribution < 1.29 is 14.0 Å². The van der Waals surface area contributed by atoms with Gasteiger partial charge < -0.3 is 14.0 Å². The van der Waals surface area contributed by atoms with E-state index in [1.165, 1.54) is 20.7 Å². The summed E-state index contributed by atoms with van der Waals surface area (Å²) in [6.45, 7) is 18.7. The summed E-state index contributed by atoms with van der Waals surface area (Å²) in [7, 11) is -5.64. The summed E-state index contributed by atoms with van der Waals surface area (Å²) in [5.41, 5.74) is 0.811. The number of benzene rings is 4. The largest absolute Gasteiger partial charge is 0.407 e. The fourth-order valence-corrected chi connectivity index (χ4v) is 16.6. The molecule has 5 heteroatoms. The minimum Gasteiger partial charge on any atom is -0.407 e. The molecular formula is C39H48O3Si2. The molecule has 1 fully saturated rings. The first kappa shape index (κ1) is 32.3. The normalized spacial score (nSPS) is 19.7. The lowest BCUT2D eigenvalue weighted by molar-refractivity contribution is 0.108. The van der Waals surface area contributed by atoms with Crippen LogP contribution in [0, 0.1) is 5.92 Å². The standard InChI is InChI=1S/C39H48O3Si2/c1-30-35(29-41-43(38(2,3)4,31-20-12-8-13-21-31)32-22-14-9-15-23-32)37(28-36(30)40)42-44(39(5,6)7,33-24-16-10-17-25-33)34-26-18-11-19-27-34/h8-27,35-37,40H,1,28-29H2,2-7H3. The van der Waals surface area contributed by atoms with Crippen molar-refractivity contribution in [3.63, 3.8) is 0 Å². The second kappa shape index (κ2) is 12.7. The summed E-state index contributed by atoms with van der Waals surface area (Å²) in [4.78, 5) is 0. The highest BCUT2D eigenvalue weighted by Crippen LogP contribution is 2.44. The first-order valence-corrected chi connectivity index (χ1v) is 19.6. The van der Waals surface area contributed by atoms with Gasteiger partial charge >= 0.3 is 0 Å². The predicted molar refractivity (Wildman–Crippen MR) is 189 cm³/mol. The summed E-state index contributed by atoms with van der Waals surface area (Å²) >= 11 is 0. The van der Waals surface area contributed by atoms with E-state index < -0.39 is 22.7 Å². The van der Waals surface area contributed by atoms with E-state index in [9.17, 15) is 5.11 Å². The number of aliphatic hydroxyl groups is 1. The SMILES string of the molecule is C=C1C(O)CC(O[Si](c2ccccc2)(c2ccccc2)C(C)(C)C)C1CO[Si](c1ccccc1)(c1ccccc1)C(C)(C)C. The Hall–Kier alpha value is -3.07. The van der Waals surface area contributed by atoms with Gasteiger partial charge in [0.15, 0.2) is 0 Å². The Bertz CT molecular complexity index is 1430. The molecule has 3 atom stereocenters. The van der Waals surface area contributed by atoms with Gasteiger partial charge in [0.2, 0.25) is 0 Å². The van der Waals surface area contributed by atoms with Gasteiger partial charge in [-0.1, -0.05) is 169 Å². The van der Waals surface area contributed by atoms with Gasteiger partial charge in [0, 0.05) is 18.9 Å². The molecule has 3 unspecified atom stereocenters. The number of rotatable bonds is 9. The van der Waals surface area contributed by atoms with E-state index in [0.29, 0.717) is 13.0 Å². The molecule has 4 aromatic carbocycles. The highest BCUT2D eigenvalue weighted by Gasteiger charge is 2.55. The number of aliphatic hydroxyl groups excluding tert-OH is 1. The fraction of sp³-hybridized carbons (Fsp3) is 0.333. The molecule has 44 heavy (non-hydrogen) atoms. The Labute approximate surface area is 266 Å². The molecule has 230 valence electrons. The molecular weight excluding hydrogens is 573 g/mol. The maximum Gasteiger partial charge on any atom is 0.261 e. The van der Waals surface area contributed by atoms with Crippen molar-refractivity contribution in [3.8, 4) is 0 Å². The van der Waals surface area contributed by atoms with E-state index in [-0.39, 0.29) is 22.1 Å². The average molecular weight is 621 g/mol. The molecule has 4 aromatic rings. The van der Waals surface area contributed by atoms with Crippen molar-refractivity contribution >= 4 is 37.4 Å². The Morgan fingerprint density at radius 3 is 1.30 bits per heavy atom. The van der Waals surface area contributed by atoms with Gasteiger partial charge in [-0.15, -0.1) is 0 Å². The van der Waals surface area contributed by atoms with Crippen molar-refractivity contribution in [1.29, 1.82) is 0 Å². The average Bonchev–Trinajstić information content (AvgIpc) is 3.28. The summed E-state index contributed by atoms with van der Waals surface area (Å²) in [5, 5.41) is 15.9. The highest BCUT2D eigenvalue weighted by atomic mass is 28.4. The molecule has 0 aromatic heterocycles. The van der Waals surface area contributed by atoms with Crippen molar-refractivity contribution in [2.24, 2.45) is 5.92 Å². The van der Waals surface area contributed by atoms with Gasteiger partial charge in [0.25, 0.3) is 16.6 Å². The van der Waals surface area contributed by atoms with Crippen LogP contribution in [-0.4, -0.2) is 40.6 Å². The lowest BCUT2D eigenvalue weighted by Gasteiger charge is -2.46. The van der Waals surface area contributed by atoms with Crippen LogP contribution in [0.4, 0.5) is 0 Å². The van der Waals surface area contributed by atoms with E-state index in [1.54, 1.807) is 0 Å². The van der Waals surface area contributed by atoms with Gasteiger partial charge in [0.05, 0.1) is 12.2 Å². The van der Waals surface area contributed by atoms with Crippen LogP contribution in [0.2, 0.25) is 10.1 Å². The lowest BCUT2D eigenvalue weighted by atomic mass is 10.0. The van der Waals surface area contributed by atoms with Crippen LogP contribution in [0.15, 0.2) is 133 Å². The van der Waals surface area contributed by atoms with Crippen molar-refractivity contribution in [3.05, 3.63) is 133 Å². The summed E-state index contributed by atoms with van der Waals surface area (Å²) < 4.78 is 15.0. The van der Waals surface area contributed by atoms with Crippen LogP contribution in [0.5, 0.6) is 0 Å². The first-order valence-electron chi connectivity index (χ1n) is 15.8. The zero-order valence-corrected chi connectivity index (χ0v) is 29.2. The Morgan fingerprint density at radius 1 is 0.614 bits per heavy atom. The Kier molecular flexibility index (Phi) is 9.36. The molecule has 0 aliphatic heterocycles. The molecule has 1 N–H and O–H groups in total. The second-order valence-electron chi connectivity index (χ2n) is 14.2. The molecule has 0 radical (unpaired) electrons. The second-order valence-corrected chi connectivity index (χ2v) is 22.8. The summed E-state index contributed by atoms with van der Waals surface area (Å²) in [5.74, 6) is -0.145. The summed E-state index contributed by atoms with van der Waals surface area (Å²) in [6, 6.07) is 42.9. The zero-order valence-electron chi connectivity index (χ0n) is 27.2. The third kappa shape index (κ3) is 5.84. The lowest BCUT2D eigenvalue weighted by Crippen LogP contribution is -2.68. The Morgan fingerprint density at radius 2 is 0.955 bits per heavy atom. The van der Waals surface area contributed by atoms with Gasteiger partial charge in [-0.25, -0.2) is 0 Å². The third-order valence-electron chi connectivity index (χ3n) is 9.45. The van der Waals surface area contributed by atoms with E-state index in [1.807, 2.05) is 0 Å². The van der Waals surface area contributed by atoms with Crippen LogP contribution in [-0.2, 0) is 8.85 Å². The van der Waals surface area contributed by atoms with Gasteiger partial charge in [-0.05, 0) is 36.4 Å². The highest BCUT2D eigenvalue weighted by molar-refractivity contribution is 7.00. The van der Waals surface area contributed by atoms with Crippen molar-refractivity contribution in [1.82, 2.24) is 0 Å². The van der Waals surface area contributed by atoms with Gasteiger partial charge in [-0.3, -0.25) is 0 Å². The predicted octanol–water partition coefficient (Wildman–Crippen LogP) is 6.45. The molecule has 0 amide bonds.